The molecule has 2 fully saturated rings. The van der Waals surface area contributed by atoms with Crippen LogP contribution in [0.3, 0.4) is 0 Å². The van der Waals surface area contributed by atoms with E-state index >= 15 is 0 Å². The second-order valence-electron chi connectivity index (χ2n) is 6.70. The molecule has 2 heterocycles. The molecule has 1 aliphatic carbocycles. The predicted molar refractivity (Wildman–Crippen MR) is 95.7 cm³/mol. The average molecular weight is 389 g/mol. The fraction of sp³-hybridized carbons (Fsp3) is 0.529. The lowest BCUT2D eigenvalue weighted by Gasteiger charge is -2.47. The van der Waals surface area contributed by atoms with Crippen molar-refractivity contribution >= 4 is 29.5 Å². The van der Waals surface area contributed by atoms with Gasteiger partial charge in [-0.05, 0) is 19.8 Å². The third-order valence-electron chi connectivity index (χ3n) is 5.01. The lowest BCUT2D eigenvalue weighted by molar-refractivity contribution is -0.158. The van der Waals surface area contributed by atoms with E-state index in [9.17, 15) is 24.4 Å². The van der Waals surface area contributed by atoms with Crippen molar-refractivity contribution in [1.29, 1.82) is 5.26 Å². The van der Waals surface area contributed by atoms with Crippen LogP contribution in [0, 0.1) is 18.3 Å². The predicted octanol–water partition coefficient (Wildman–Crippen LogP) is 0.230. The number of hydrogen-bond donors (Lipinski definition) is 2. The number of nitrogens with one attached hydrogen (secondary N) is 2. The van der Waals surface area contributed by atoms with Crippen LogP contribution in [0.5, 0.6) is 0 Å². The number of thioether (sulfide) groups is 1. The van der Waals surface area contributed by atoms with Crippen molar-refractivity contribution in [2.75, 3.05) is 12.3 Å². The van der Waals surface area contributed by atoms with Gasteiger partial charge in [-0.1, -0.05) is 31.0 Å². The third kappa shape index (κ3) is 3.60. The van der Waals surface area contributed by atoms with Crippen LogP contribution in [-0.4, -0.2) is 50.4 Å². The molecule has 0 atom stereocenters. The smallest absolute Gasteiger partial charge is 0.318 e. The Bertz CT molecular complexity index is 898. The molecule has 27 heavy (non-hydrogen) atoms. The zero-order valence-electron chi connectivity index (χ0n) is 14.8. The number of imide groups is 1. The molecule has 2 N–H and O–H groups in total. The van der Waals surface area contributed by atoms with Crippen molar-refractivity contribution in [3.63, 3.8) is 0 Å². The lowest BCUT2D eigenvalue weighted by atomic mass is 9.78. The van der Waals surface area contributed by atoms with E-state index in [0.29, 0.717) is 18.5 Å². The Morgan fingerprint density at radius 2 is 2.00 bits per heavy atom. The van der Waals surface area contributed by atoms with E-state index in [0.717, 1.165) is 31.0 Å². The number of rotatable bonds is 3. The molecule has 0 radical (unpaired) electrons. The summed E-state index contributed by atoms with van der Waals surface area (Å²) in [6, 6.07) is 1.97. The average Bonchev–Trinajstić information content (AvgIpc) is 2.63. The summed E-state index contributed by atoms with van der Waals surface area (Å²) in [7, 11) is 0. The van der Waals surface area contributed by atoms with Crippen LogP contribution in [0.15, 0.2) is 9.82 Å². The Morgan fingerprint density at radius 3 is 2.67 bits per heavy atom. The summed E-state index contributed by atoms with van der Waals surface area (Å²) in [6.45, 7) is 1.41. The first-order valence-corrected chi connectivity index (χ1v) is 9.64. The van der Waals surface area contributed by atoms with Gasteiger partial charge in [-0.25, -0.2) is 4.79 Å². The second-order valence-corrected chi connectivity index (χ2v) is 7.66. The first-order chi connectivity index (χ1) is 12.9. The number of nitrogens with zero attached hydrogens (tertiary/aromatic N) is 3. The van der Waals surface area contributed by atoms with E-state index in [2.05, 4.69) is 15.3 Å². The van der Waals surface area contributed by atoms with Gasteiger partial charge in [-0.2, -0.15) is 10.2 Å². The SMILES string of the molecule is Cc1[nH]c(=O)nc(SCC(=O)N2CC(=O)NC(=O)C23CCCCC3)c1C#N. The van der Waals surface area contributed by atoms with Crippen molar-refractivity contribution in [2.24, 2.45) is 0 Å². The first kappa shape index (κ1) is 19.1. The van der Waals surface area contributed by atoms with Gasteiger partial charge < -0.3 is 9.88 Å². The first-order valence-electron chi connectivity index (χ1n) is 8.66. The second kappa shape index (κ2) is 7.52. The maximum atomic E-state index is 12.9. The Labute approximate surface area is 159 Å². The van der Waals surface area contributed by atoms with Gasteiger partial charge in [0.25, 0.3) is 5.91 Å². The van der Waals surface area contributed by atoms with Crippen molar-refractivity contribution < 1.29 is 14.4 Å². The van der Waals surface area contributed by atoms with Crippen LogP contribution in [0.2, 0.25) is 0 Å². The zero-order chi connectivity index (χ0) is 19.6. The quantitative estimate of drug-likeness (QED) is 0.429. The largest absolute Gasteiger partial charge is 0.346 e. The molecule has 1 aromatic rings. The van der Waals surface area contributed by atoms with Crippen molar-refractivity contribution in [3.8, 4) is 6.07 Å². The van der Waals surface area contributed by atoms with Gasteiger partial charge in [-0.3, -0.25) is 19.7 Å². The number of piperazine rings is 1. The van der Waals surface area contributed by atoms with Gasteiger partial charge in [0.2, 0.25) is 11.8 Å². The van der Waals surface area contributed by atoms with Crippen LogP contribution in [0.1, 0.15) is 43.4 Å². The summed E-state index contributed by atoms with van der Waals surface area (Å²) in [5, 5.41) is 11.8. The van der Waals surface area contributed by atoms with E-state index in [1.54, 1.807) is 6.92 Å². The molecular weight excluding hydrogens is 370 g/mol. The number of nitriles is 1. The van der Waals surface area contributed by atoms with Crippen molar-refractivity contribution in [2.45, 2.75) is 49.6 Å². The molecule has 0 unspecified atom stereocenters. The van der Waals surface area contributed by atoms with Gasteiger partial charge >= 0.3 is 5.69 Å². The minimum Gasteiger partial charge on any atom is -0.318 e. The van der Waals surface area contributed by atoms with Crippen LogP contribution < -0.4 is 11.0 Å². The minimum absolute atomic E-state index is 0.118. The van der Waals surface area contributed by atoms with Crippen LogP contribution in [0.4, 0.5) is 0 Å². The number of carbonyl (C=O) groups excluding carboxylic acids is 3. The van der Waals surface area contributed by atoms with Gasteiger partial charge in [0.1, 0.15) is 28.7 Å². The highest BCUT2D eigenvalue weighted by molar-refractivity contribution is 8.00. The van der Waals surface area contributed by atoms with Crippen molar-refractivity contribution in [3.05, 3.63) is 21.7 Å². The topological polar surface area (TPSA) is 136 Å². The Hall–Kier alpha value is -2.67. The number of H-pyrrole nitrogens is 1. The molecule has 3 amide bonds. The maximum Gasteiger partial charge on any atom is 0.346 e. The van der Waals surface area contributed by atoms with E-state index in [1.165, 1.54) is 4.90 Å². The summed E-state index contributed by atoms with van der Waals surface area (Å²) in [5.74, 6) is -1.42. The van der Waals surface area contributed by atoms with Gasteiger partial charge in [0.15, 0.2) is 0 Å². The summed E-state index contributed by atoms with van der Waals surface area (Å²) >= 11 is 0.964. The number of aryl methyl sites for hydroxylation is 1. The highest BCUT2D eigenvalue weighted by atomic mass is 32.2. The van der Waals surface area contributed by atoms with Gasteiger partial charge in [0, 0.05) is 5.69 Å². The molecule has 142 valence electrons. The molecule has 9 nitrogen and oxygen atoms in total. The van der Waals surface area contributed by atoms with E-state index in [4.69, 9.17) is 0 Å². The fourth-order valence-corrected chi connectivity index (χ4v) is 4.57. The molecule has 3 rings (SSSR count). The number of carbonyl (C=O) groups is 3. The summed E-state index contributed by atoms with van der Waals surface area (Å²) in [5.41, 5.74) is -1.01. The molecule has 1 saturated carbocycles. The van der Waals surface area contributed by atoms with Gasteiger partial charge in [-0.15, -0.1) is 0 Å². The molecule has 1 aromatic heterocycles. The van der Waals surface area contributed by atoms with E-state index < -0.39 is 23.0 Å². The monoisotopic (exact) mass is 389 g/mol. The number of aromatic nitrogens is 2. The molecule has 0 bridgehead atoms. The Kier molecular flexibility index (Phi) is 5.32. The van der Waals surface area contributed by atoms with Gasteiger partial charge in [0.05, 0.1) is 5.75 Å². The Morgan fingerprint density at radius 1 is 1.30 bits per heavy atom. The molecular formula is C17H19N5O4S. The normalized spacial score (nSPS) is 18.9. The summed E-state index contributed by atoms with van der Waals surface area (Å²) in [4.78, 5) is 56.4. The summed E-state index contributed by atoms with van der Waals surface area (Å²) in [6.07, 6.45) is 3.65. The number of amides is 3. The zero-order valence-corrected chi connectivity index (χ0v) is 15.6. The third-order valence-corrected chi connectivity index (χ3v) is 5.97. The van der Waals surface area contributed by atoms with E-state index in [-0.39, 0.29) is 28.8 Å². The highest BCUT2D eigenvalue weighted by Crippen LogP contribution is 2.36. The molecule has 1 aliphatic heterocycles. The minimum atomic E-state index is -0.987. The van der Waals surface area contributed by atoms with Crippen LogP contribution in [0.25, 0.3) is 0 Å². The molecule has 0 aromatic carbocycles. The number of hydrogen-bond acceptors (Lipinski definition) is 7. The molecule has 1 saturated heterocycles. The fourth-order valence-electron chi connectivity index (χ4n) is 3.66. The Balaban J connectivity index is 1.82. The lowest BCUT2D eigenvalue weighted by Crippen LogP contribution is -2.69. The number of aromatic amines is 1. The standard InChI is InChI=1S/C17H19N5O4S/c1-10-11(7-18)14(21-16(26)19-10)27-9-13(24)22-8-12(23)20-15(25)17(22)5-3-2-4-6-17/h2-6,8-9H2,1H3,(H,19,21,26)(H,20,23,25). The van der Waals surface area contributed by atoms with E-state index in [1.807, 2.05) is 6.07 Å². The highest BCUT2D eigenvalue weighted by Gasteiger charge is 2.50. The van der Waals surface area contributed by atoms with Crippen LogP contribution in [-0.2, 0) is 14.4 Å². The molecule has 1 spiro atoms. The molecule has 10 heteroatoms. The molecule has 2 aliphatic rings. The van der Waals surface area contributed by atoms with Crippen molar-refractivity contribution in [1.82, 2.24) is 20.2 Å². The summed E-state index contributed by atoms with van der Waals surface area (Å²) < 4.78 is 0. The maximum absolute atomic E-state index is 12.9. The van der Waals surface area contributed by atoms with Crippen LogP contribution >= 0.6 is 11.8 Å².